The van der Waals surface area contributed by atoms with Gasteiger partial charge in [0.05, 0.1) is 25.2 Å². The standard InChI is InChI=1S/C13H22O7S/c1-4-5-9-7-13(15)11(21(16,17)20-9)6-10(19-13)8(2)12(14)18-3/h8-11,15H,4-7H2,1-3H3/t8-,9+,10-,11?,13?/m1/s1. The van der Waals surface area contributed by atoms with Crippen molar-refractivity contribution in [2.24, 2.45) is 5.92 Å². The van der Waals surface area contributed by atoms with Crippen LogP contribution in [0.4, 0.5) is 0 Å². The van der Waals surface area contributed by atoms with E-state index >= 15 is 0 Å². The van der Waals surface area contributed by atoms with Crippen LogP contribution >= 0.6 is 0 Å². The Hall–Kier alpha value is -0.700. The van der Waals surface area contributed by atoms with Crippen molar-refractivity contribution in [1.29, 1.82) is 0 Å². The van der Waals surface area contributed by atoms with Crippen LogP contribution in [0.1, 0.15) is 39.5 Å². The monoisotopic (exact) mass is 322 g/mol. The zero-order chi connectivity index (χ0) is 15.8. The highest BCUT2D eigenvalue weighted by Gasteiger charge is 2.60. The number of fused-ring (bicyclic) bond motifs is 1. The third-order valence-electron chi connectivity index (χ3n) is 4.19. The summed E-state index contributed by atoms with van der Waals surface area (Å²) < 4.78 is 39.7. The molecule has 0 spiro atoms. The molecule has 0 aromatic rings. The predicted molar refractivity (Wildman–Crippen MR) is 72.7 cm³/mol. The molecule has 0 amide bonds. The summed E-state index contributed by atoms with van der Waals surface area (Å²) in [5, 5.41) is 9.43. The number of ether oxygens (including phenoxy) is 2. The Bertz CT molecular complexity index is 503. The Morgan fingerprint density at radius 3 is 2.76 bits per heavy atom. The minimum atomic E-state index is -3.92. The van der Waals surface area contributed by atoms with Crippen molar-refractivity contribution in [3.05, 3.63) is 0 Å². The average molecular weight is 322 g/mol. The van der Waals surface area contributed by atoms with Gasteiger partial charge in [-0.3, -0.25) is 8.98 Å². The Balaban J connectivity index is 2.21. The molecule has 122 valence electrons. The van der Waals surface area contributed by atoms with E-state index in [1.54, 1.807) is 6.92 Å². The van der Waals surface area contributed by atoms with Gasteiger partial charge in [-0.15, -0.1) is 0 Å². The number of carbonyl (C=O) groups is 1. The number of rotatable bonds is 4. The molecule has 1 N–H and O–H groups in total. The molecule has 2 aliphatic heterocycles. The fourth-order valence-electron chi connectivity index (χ4n) is 3.04. The molecule has 2 fully saturated rings. The van der Waals surface area contributed by atoms with Gasteiger partial charge in [0, 0.05) is 6.42 Å². The molecule has 0 aromatic carbocycles. The van der Waals surface area contributed by atoms with Gasteiger partial charge in [-0.25, -0.2) is 0 Å². The maximum atomic E-state index is 12.2. The summed E-state index contributed by atoms with van der Waals surface area (Å²) in [6.45, 7) is 3.50. The maximum Gasteiger partial charge on any atom is 0.311 e. The smallest absolute Gasteiger partial charge is 0.311 e. The second-order valence-electron chi connectivity index (χ2n) is 5.74. The minimum Gasteiger partial charge on any atom is -0.469 e. The van der Waals surface area contributed by atoms with E-state index in [4.69, 9.17) is 8.92 Å². The molecule has 8 heteroatoms. The lowest BCUT2D eigenvalue weighted by Crippen LogP contribution is -2.52. The second kappa shape index (κ2) is 5.83. The average Bonchev–Trinajstić information content (AvgIpc) is 2.75. The van der Waals surface area contributed by atoms with Crippen molar-refractivity contribution >= 4 is 16.1 Å². The zero-order valence-electron chi connectivity index (χ0n) is 12.4. The molecule has 0 aliphatic carbocycles. The van der Waals surface area contributed by atoms with Crippen molar-refractivity contribution in [3.8, 4) is 0 Å². The van der Waals surface area contributed by atoms with Crippen LogP contribution in [-0.2, 0) is 28.6 Å². The molecule has 2 unspecified atom stereocenters. The van der Waals surface area contributed by atoms with E-state index in [0.29, 0.717) is 6.42 Å². The highest BCUT2D eigenvalue weighted by atomic mass is 32.2. The molecule has 2 aliphatic rings. The molecule has 2 heterocycles. The molecule has 5 atom stereocenters. The highest BCUT2D eigenvalue weighted by molar-refractivity contribution is 7.87. The van der Waals surface area contributed by atoms with Gasteiger partial charge in [-0.1, -0.05) is 13.3 Å². The molecular weight excluding hydrogens is 300 g/mol. The van der Waals surface area contributed by atoms with E-state index in [1.807, 2.05) is 6.92 Å². The largest absolute Gasteiger partial charge is 0.469 e. The molecule has 7 nitrogen and oxygen atoms in total. The summed E-state index contributed by atoms with van der Waals surface area (Å²) in [6, 6.07) is 0. The van der Waals surface area contributed by atoms with E-state index in [2.05, 4.69) is 4.74 Å². The summed E-state index contributed by atoms with van der Waals surface area (Å²) in [4.78, 5) is 11.6. The van der Waals surface area contributed by atoms with E-state index in [-0.39, 0.29) is 12.8 Å². The summed E-state index contributed by atoms with van der Waals surface area (Å²) in [6.07, 6.45) is 0.0838. The Morgan fingerprint density at radius 2 is 2.19 bits per heavy atom. The molecule has 0 radical (unpaired) electrons. The fourth-order valence-corrected chi connectivity index (χ4v) is 4.74. The van der Waals surface area contributed by atoms with Crippen LogP contribution in [0.15, 0.2) is 0 Å². The first-order valence-electron chi connectivity index (χ1n) is 7.13. The van der Waals surface area contributed by atoms with Crippen LogP contribution in [0.25, 0.3) is 0 Å². The van der Waals surface area contributed by atoms with Crippen LogP contribution in [0.2, 0.25) is 0 Å². The number of methoxy groups -OCH3 is 1. The third kappa shape index (κ3) is 3.08. The zero-order valence-corrected chi connectivity index (χ0v) is 13.3. The van der Waals surface area contributed by atoms with Gasteiger partial charge in [0.2, 0.25) is 0 Å². The third-order valence-corrected chi connectivity index (χ3v) is 5.98. The summed E-state index contributed by atoms with van der Waals surface area (Å²) in [7, 11) is -2.66. The first-order valence-corrected chi connectivity index (χ1v) is 8.60. The van der Waals surface area contributed by atoms with Crippen LogP contribution in [0, 0.1) is 5.92 Å². The quantitative estimate of drug-likeness (QED) is 0.596. The topological polar surface area (TPSA) is 99.1 Å². The van der Waals surface area contributed by atoms with Crippen LogP contribution in [0.3, 0.4) is 0 Å². The maximum absolute atomic E-state index is 12.2. The molecule has 21 heavy (non-hydrogen) atoms. The summed E-state index contributed by atoms with van der Waals surface area (Å²) in [5.74, 6) is -2.93. The Labute approximate surface area is 124 Å². The molecule has 2 rings (SSSR count). The van der Waals surface area contributed by atoms with Gasteiger partial charge in [0.15, 0.2) is 5.79 Å². The number of carbonyl (C=O) groups excluding carboxylic acids is 1. The highest BCUT2D eigenvalue weighted by Crippen LogP contribution is 2.44. The molecule has 0 bridgehead atoms. The Morgan fingerprint density at radius 1 is 1.52 bits per heavy atom. The predicted octanol–water partition coefficient (Wildman–Crippen LogP) is 0.560. The van der Waals surface area contributed by atoms with Crippen LogP contribution < -0.4 is 0 Å². The van der Waals surface area contributed by atoms with Gasteiger partial charge in [0.1, 0.15) is 5.25 Å². The number of hydrogen-bond donors (Lipinski definition) is 1. The first-order chi connectivity index (χ1) is 9.73. The van der Waals surface area contributed by atoms with Crippen molar-refractivity contribution in [1.82, 2.24) is 0 Å². The van der Waals surface area contributed by atoms with E-state index in [0.717, 1.165) is 6.42 Å². The second-order valence-corrected chi connectivity index (χ2v) is 7.49. The molecular formula is C13H22O7S. The van der Waals surface area contributed by atoms with Gasteiger partial charge < -0.3 is 14.6 Å². The SMILES string of the molecule is CCC[C@H]1CC2(O)O[C@@H]([C@@H](C)C(=O)OC)CC2S(=O)(=O)O1. The van der Waals surface area contributed by atoms with Crippen molar-refractivity contribution in [2.75, 3.05) is 7.11 Å². The summed E-state index contributed by atoms with van der Waals surface area (Å²) >= 11 is 0. The number of hydrogen-bond acceptors (Lipinski definition) is 7. The van der Waals surface area contributed by atoms with E-state index in [1.165, 1.54) is 7.11 Å². The Kier molecular flexibility index (Phi) is 4.63. The molecule has 2 saturated heterocycles. The van der Waals surface area contributed by atoms with Gasteiger partial charge in [-0.2, -0.15) is 8.42 Å². The van der Waals surface area contributed by atoms with Gasteiger partial charge in [0.25, 0.3) is 10.1 Å². The van der Waals surface area contributed by atoms with Crippen LogP contribution in [0.5, 0.6) is 0 Å². The van der Waals surface area contributed by atoms with Crippen molar-refractivity contribution in [2.45, 2.75) is 62.8 Å². The molecule has 0 saturated carbocycles. The normalized spacial score (nSPS) is 39.5. The number of esters is 1. The molecule has 0 aromatic heterocycles. The first kappa shape index (κ1) is 16.7. The lowest BCUT2D eigenvalue weighted by molar-refractivity contribution is -0.219. The van der Waals surface area contributed by atoms with Crippen molar-refractivity contribution in [3.63, 3.8) is 0 Å². The van der Waals surface area contributed by atoms with E-state index in [9.17, 15) is 18.3 Å². The summed E-state index contributed by atoms with van der Waals surface area (Å²) in [5.41, 5.74) is 0. The van der Waals surface area contributed by atoms with Crippen molar-refractivity contribution < 1.29 is 32.0 Å². The lowest BCUT2D eigenvalue weighted by Gasteiger charge is -2.37. The minimum absolute atomic E-state index is 0.0218. The van der Waals surface area contributed by atoms with E-state index < -0.39 is 45.3 Å². The van der Waals surface area contributed by atoms with Gasteiger partial charge >= 0.3 is 5.97 Å². The van der Waals surface area contributed by atoms with Gasteiger partial charge in [-0.05, 0) is 19.8 Å². The fraction of sp³-hybridized carbons (Fsp3) is 0.923. The lowest BCUT2D eigenvalue weighted by atomic mass is 9.98. The number of aliphatic hydroxyl groups is 1. The van der Waals surface area contributed by atoms with Crippen LogP contribution in [-0.4, -0.2) is 49.8 Å².